The van der Waals surface area contributed by atoms with E-state index in [2.05, 4.69) is 39.2 Å². The Kier molecular flexibility index (Phi) is 8.19. The van der Waals surface area contributed by atoms with Crippen LogP contribution in [0, 0.1) is 0 Å². The number of nitrogens with one attached hydrogen (secondary N) is 2. The quantitative estimate of drug-likeness (QED) is 0.379. The van der Waals surface area contributed by atoms with Crippen molar-refractivity contribution < 1.29 is 0 Å². The minimum Gasteiger partial charge on any atom is -0.357 e. The maximum absolute atomic E-state index is 6.34. The number of guanidine groups is 1. The van der Waals surface area contributed by atoms with Crippen LogP contribution in [0.3, 0.4) is 0 Å². The van der Waals surface area contributed by atoms with Gasteiger partial charge in [-0.25, -0.2) is 0 Å². The first kappa shape index (κ1) is 21.9. The summed E-state index contributed by atoms with van der Waals surface area (Å²) in [5, 5.41) is 16.8. The monoisotopic (exact) mass is 436 g/mol. The predicted molar refractivity (Wildman–Crippen MR) is 120 cm³/mol. The molecule has 1 unspecified atom stereocenters. The molecule has 1 aromatic carbocycles. The lowest BCUT2D eigenvalue weighted by atomic mass is 10.1. The SMILES string of the molecule is CCNC(=NCCCc1nnc2n1CCCCC2)NC(C)c1ccc(Cl)cc1Cl. The number of rotatable bonds is 7. The molecule has 8 heteroatoms. The van der Waals surface area contributed by atoms with Crippen molar-refractivity contribution in [3.63, 3.8) is 0 Å². The summed E-state index contributed by atoms with van der Waals surface area (Å²) < 4.78 is 2.31. The minimum atomic E-state index is 0.0184. The van der Waals surface area contributed by atoms with Gasteiger partial charge in [-0.1, -0.05) is 35.7 Å². The molecule has 2 aromatic rings. The molecule has 0 spiro atoms. The molecule has 3 rings (SSSR count). The van der Waals surface area contributed by atoms with Crippen LogP contribution in [-0.2, 0) is 19.4 Å². The summed E-state index contributed by atoms with van der Waals surface area (Å²) >= 11 is 12.3. The Bertz CT molecular complexity index is 833. The second-order valence-electron chi connectivity index (χ2n) is 7.39. The zero-order valence-corrected chi connectivity index (χ0v) is 18.7. The summed E-state index contributed by atoms with van der Waals surface area (Å²) in [6, 6.07) is 5.59. The standard InChI is InChI=1S/C21H30Cl2N6/c1-3-24-21(26-15(2)17-11-10-16(22)14-18(17)23)25-12-7-9-20-28-27-19-8-5-4-6-13-29(19)20/h10-11,14-15H,3-9,12-13H2,1-2H3,(H2,24,25,26). The smallest absolute Gasteiger partial charge is 0.191 e. The Morgan fingerprint density at radius 3 is 2.90 bits per heavy atom. The van der Waals surface area contributed by atoms with Gasteiger partial charge in [0.15, 0.2) is 5.96 Å². The van der Waals surface area contributed by atoms with Gasteiger partial charge in [-0.3, -0.25) is 4.99 Å². The second kappa shape index (κ2) is 10.8. The van der Waals surface area contributed by atoms with Crippen LogP contribution in [0.1, 0.15) is 62.8 Å². The maximum atomic E-state index is 6.34. The van der Waals surface area contributed by atoms with Gasteiger partial charge in [-0.05, 0) is 50.8 Å². The molecule has 1 aliphatic heterocycles. The van der Waals surface area contributed by atoms with Gasteiger partial charge in [0, 0.05) is 42.5 Å². The zero-order valence-electron chi connectivity index (χ0n) is 17.2. The molecular weight excluding hydrogens is 407 g/mol. The van der Waals surface area contributed by atoms with Crippen molar-refractivity contribution >= 4 is 29.2 Å². The number of halogens is 2. The van der Waals surface area contributed by atoms with Crippen LogP contribution in [0.4, 0.5) is 0 Å². The van der Waals surface area contributed by atoms with E-state index < -0.39 is 0 Å². The van der Waals surface area contributed by atoms with Crippen molar-refractivity contribution in [1.82, 2.24) is 25.4 Å². The van der Waals surface area contributed by atoms with Gasteiger partial charge < -0.3 is 15.2 Å². The molecule has 158 valence electrons. The van der Waals surface area contributed by atoms with Crippen LogP contribution in [0.15, 0.2) is 23.2 Å². The van der Waals surface area contributed by atoms with Crippen LogP contribution in [-0.4, -0.2) is 33.8 Å². The molecule has 6 nitrogen and oxygen atoms in total. The van der Waals surface area contributed by atoms with E-state index in [1.165, 1.54) is 19.3 Å². The van der Waals surface area contributed by atoms with Crippen molar-refractivity contribution in [2.75, 3.05) is 13.1 Å². The fraction of sp³-hybridized carbons (Fsp3) is 0.571. The van der Waals surface area contributed by atoms with E-state index in [1.54, 1.807) is 6.07 Å². The summed E-state index contributed by atoms with van der Waals surface area (Å²) in [7, 11) is 0. The van der Waals surface area contributed by atoms with Crippen molar-refractivity contribution in [3.8, 4) is 0 Å². The lowest BCUT2D eigenvalue weighted by molar-refractivity contribution is 0.597. The van der Waals surface area contributed by atoms with E-state index in [0.717, 1.165) is 62.1 Å². The highest BCUT2D eigenvalue weighted by Gasteiger charge is 2.14. The number of aromatic nitrogens is 3. The van der Waals surface area contributed by atoms with Gasteiger partial charge in [-0.15, -0.1) is 10.2 Å². The van der Waals surface area contributed by atoms with Gasteiger partial charge in [0.25, 0.3) is 0 Å². The van der Waals surface area contributed by atoms with Gasteiger partial charge >= 0.3 is 0 Å². The Labute approximate surface area is 183 Å². The van der Waals surface area contributed by atoms with Gasteiger partial charge in [0.05, 0.1) is 6.04 Å². The average molecular weight is 437 g/mol. The highest BCUT2D eigenvalue weighted by atomic mass is 35.5. The first-order valence-electron chi connectivity index (χ1n) is 10.5. The highest BCUT2D eigenvalue weighted by Crippen LogP contribution is 2.26. The predicted octanol–water partition coefficient (Wildman–Crippen LogP) is 4.56. The van der Waals surface area contributed by atoms with E-state index in [0.29, 0.717) is 10.0 Å². The first-order valence-corrected chi connectivity index (χ1v) is 11.2. The van der Waals surface area contributed by atoms with Crippen molar-refractivity contribution in [2.24, 2.45) is 4.99 Å². The van der Waals surface area contributed by atoms with Crippen LogP contribution < -0.4 is 10.6 Å². The van der Waals surface area contributed by atoms with Gasteiger partial charge in [0.1, 0.15) is 11.6 Å². The Balaban J connectivity index is 1.56. The molecule has 2 N–H and O–H groups in total. The number of aliphatic imine (C=N–C) groups is 1. The summed E-state index contributed by atoms with van der Waals surface area (Å²) in [6.07, 6.45) is 6.59. The summed E-state index contributed by atoms with van der Waals surface area (Å²) in [4.78, 5) is 4.72. The number of nitrogens with zero attached hydrogens (tertiary/aromatic N) is 4. The third kappa shape index (κ3) is 6.09. The average Bonchev–Trinajstić information content (AvgIpc) is 2.91. The number of benzene rings is 1. The zero-order chi connectivity index (χ0) is 20.6. The number of aryl methyl sites for hydroxylation is 2. The van der Waals surface area contributed by atoms with E-state index in [1.807, 2.05) is 12.1 Å². The van der Waals surface area contributed by atoms with E-state index in [-0.39, 0.29) is 6.04 Å². The molecular formula is C21H30Cl2N6. The normalized spacial score (nSPS) is 15.5. The fourth-order valence-corrected chi connectivity index (χ4v) is 4.19. The molecule has 0 amide bonds. The summed E-state index contributed by atoms with van der Waals surface area (Å²) in [6.45, 7) is 6.68. The van der Waals surface area contributed by atoms with Crippen LogP contribution in [0.25, 0.3) is 0 Å². The number of hydrogen-bond donors (Lipinski definition) is 2. The molecule has 0 bridgehead atoms. The summed E-state index contributed by atoms with van der Waals surface area (Å²) in [5.74, 6) is 3.02. The fourth-order valence-electron chi connectivity index (χ4n) is 3.61. The lowest BCUT2D eigenvalue weighted by Crippen LogP contribution is -2.38. The van der Waals surface area contributed by atoms with Crippen molar-refractivity contribution in [3.05, 3.63) is 45.5 Å². The molecule has 0 saturated heterocycles. The third-order valence-electron chi connectivity index (χ3n) is 5.14. The number of hydrogen-bond acceptors (Lipinski definition) is 3. The maximum Gasteiger partial charge on any atom is 0.191 e. The Morgan fingerprint density at radius 1 is 1.24 bits per heavy atom. The number of fused-ring (bicyclic) bond motifs is 1. The minimum absolute atomic E-state index is 0.0184. The molecule has 1 atom stereocenters. The van der Waals surface area contributed by atoms with E-state index >= 15 is 0 Å². The third-order valence-corrected chi connectivity index (χ3v) is 5.70. The molecule has 0 radical (unpaired) electrons. The van der Waals surface area contributed by atoms with Crippen LogP contribution in [0.5, 0.6) is 0 Å². The van der Waals surface area contributed by atoms with Crippen LogP contribution >= 0.6 is 23.2 Å². The Morgan fingerprint density at radius 2 is 2.10 bits per heavy atom. The van der Waals surface area contributed by atoms with Gasteiger partial charge in [-0.2, -0.15) is 0 Å². The highest BCUT2D eigenvalue weighted by molar-refractivity contribution is 6.35. The molecule has 0 fully saturated rings. The van der Waals surface area contributed by atoms with E-state index in [9.17, 15) is 0 Å². The molecule has 1 aromatic heterocycles. The van der Waals surface area contributed by atoms with E-state index in [4.69, 9.17) is 28.2 Å². The largest absolute Gasteiger partial charge is 0.357 e. The van der Waals surface area contributed by atoms with Crippen LogP contribution in [0.2, 0.25) is 10.0 Å². The van der Waals surface area contributed by atoms with Gasteiger partial charge in [0.2, 0.25) is 0 Å². The molecule has 0 aliphatic carbocycles. The second-order valence-corrected chi connectivity index (χ2v) is 8.23. The van der Waals surface area contributed by atoms with Crippen molar-refractivity contribution in [2.45, 2.75) is 65.0 Å². The Hall–Kier alpha value is -1.79. The molecule has 0 saturated carbocycles. The van der Waals surface area contributed by atoms with Crippen molar-refractivity contribution in [1.29, 1.82) is 0 Å². The molecule has 1 aliphatic rings. The topological polar surface area (TPSA) is 67.1 Å². The lowest BCUT2D eigenvalue weighted by Gasteiger charge is -2.19. The first-order chi connectivity index (χ1) is 14.1. The molecule has 2 heterocycles. The summed E-state index contributed by atoms with van der Waals surface area (Å²) in [5.41, 5.74) is 0.993. The molecule has 29 heavy (non-hydrogen) atoms.